The molecule has 0 saturated heterocycles. The predicted molar refractivity (Wildman–Crippen MR) is 83.7 cm³/mol. The predicted octanol–water partition coefficient (Wildman–Crippen LogP) is 4.07. The first-order valence-electron chi connectivity index (χ1n) is 7.38. The first-order valence-corrected chi connectivity index (χ1v) is 7.38. The quantitative estimate of drug-likeness (QED) is 0.680. The van der Waals surface area contributed by atoms with E-state index in [1.165, 1.54) is 48.8 Å². The zero-order valence-corrected chi connectivity index (χ0v) is 12.5. The number of fused-ring (bicyclic) bond motifs is 1. The molecule has 0 N–H and O–H groups in total. The summed E-state index contributed by atoms with van der Waals surface area (Å²) in [5, 5.41) is 1.37. The van der Waals surface area contributed by atoms with Crippen molar-refractivity contribution in [1.29, 1.82) is 0 Å². The fraction of sp³-hybridized carbons (Fsp3) is 0.529. The maximum Gasteiger partial charge on any atom is 0.0482 e. The van der Waals surface area contributed by atoms with Crippen LogP contribution >= 0.6 is 0 Å². The van der Waals surface area contributed by atoms with Gasteiger partial charge >= 0.3 is 0 Å². The Morgan fingerprint density at radius 3 is 2.53 bits per heavy atom. The number of aromatic nitrogens is 1. The van der Waals surface area contributed by atoms with E-state index < -0.39 is 0 Å². The fourth-order valence-electron chi connectivity index (χ4n) is 2.70. The molecule has 19 heavy (non-hydrogen) atoms. The number of unbranched alkanes of at least 4 members (excludes halogenated alkanes) is 3. The number of para-hydroxylation sites is 1. The van der Waals surface area contributed by atoms with Gasteiger partial charge in [0.25, 0.3) is 0 Å². The van der Waals surface area contributed by atoms with Crippen LogP contribution in [0.15, 0.2) is 30.3 Å². The summed E-state index contributed by atoms with van der Waals surface area (Å²) < 4.78 is 2.46. The second-order valence-corrected chi connectivity index (χ2v) is 5.71. The Kier molecular flexibility index (Phi) is 5.03. The van der Waals surface area contributed by atoms with Gasteiger partial charge in [0, 0.05) is 17.8 Å². The van der Waals surface area contributed by atoms with Gasteiger partial charge in [-0.2, -0.15) is 0 Å². The van der Waals surface area contributed by atoms with Gasteiger partial charge in [-0.05, 0) is 57.9 Å². The fourth-order valence-corrected chi connectivity index (χ4v) is 2.70. The lowest BCUT2D eigenvalue weighted by molar-refractivity contribution is 0.389. The van der Waals surface area contributed by atoms with E-state index in [0.717, 1.165) is 6.54 Å². The number of hydrogen-bond acceptors (Lipinski definition) is 1. The van der Waals surface area contributed by atoms with E-state index in [4.69, 9.17) is 0 Å². The van der Waals surface area contributed by atoms with Crippen molar-refractivity contribution < 1.29 is 0 Å². The molecular weight excluding hydrogens is 232 g/mol. The van der Waals surface area contributed by atoms with Crippen molar-refractivity contribution in [3.8, 4) is 0 Å². The molecule has 0 amide bonds. The van der Waals surface area contributed by atoms with Crippen LogP contribution < -0.4 is 0 Å². The highest BCUT2D eigenvalue weighted by Gasteiger charge is 2.04. The lowest BCUT2D eigenvalue weighted by Crippen LogP contribution is -2.12. The summed E-state index contributed by atoms with van der Waals surface area (Å²) in [5.74, 6) is 0. The lowest BCUT2D eigenvalue weighted by Gasteiger charge is -2.10. The summed E-state index contributed by atoms with van der Waals surface area (Å²) >= 11 is 0. The average molecular weight is 258 g/mol. The van der Waals surface area contributed by atoms with Gasteiger partial charge in [0.05, 0.1) is 0 Å². The van der Waals surface area contributed by atoms with Crippen molar-refractivity contribution in [3.63, 3.8) is 0 Å². The highest BCUT2D eigenvalue weighted by Crippen LogP contribution is 2.20. The molecule has 0 aliphatic carbocycles. The summed E-state index contributed by atoms with van der Waals surface area (Å²) in [6.07, 6.45) is 5.28. The molecular formula is C17H26N2. The topological polar surface area (TPSA) is 8.17 Å². The van der Waals surface area contributed by atoms with Crippen LogP contribution in [0.2, 0.25) is 0 Å². The van der Waals surface area contributed by atoms with E-state index >= 15 is 0 Å². The Bertz CT molecular complexity index is 511. The molecule has 0 spiro atoms. The van der Waals surface area contributed by atoms with Gasteiger partial charge in [-0.1, -0.05) is 31.0 Å². The molecule has 0 bridgehead atoms. The average Bonchev–Trinajstić information content (AvgIpc) is 2.69. The molecule has 0 saturated carbocycles. The number of benzene rings is 1. The minimum absolute atomic E-state index is 1.15. The molecule has 1 aromatic carbocycles. The van der Waals surface area contributed by atoms with Gasteiger partial charge in [-0.25, -0.2) is 0 Å². The normalized spacial score (nSPS) is 11.6. The van der Waals surface area contributed by atoms with Crippen molar-refractivity contribution in [2.24, 2.45) is 0 Å². The SMILES string of the molecule is Cc1cc2ccccc2n1CCCCCCN(C)C. The molecule has 104 valence electrons. The molecule has 2 heteroatoms. The van der Waals surface area contributed by atoms with Crippen molar-refractivity contribution in [2.45, 2.75) is 39.2 Å². The van der Waals surface area contributed by atoms with E-state index in [9.17, 15) is 0 Å². The maximum absolute atomic E-state index is 2.46. The molecule has 0 aliphatic rings. The van der Waals surface area contributed by atoms with Crippen molar-refractivity contribution >= 4 is 10.9 Å². The van der Waals surface area contributed by atoms with E-state index in [1.54, 1.807) is 0 Å². The van der Waals surface area contributed by atoms with Crippen LogP contribution in [0.4, 0.5) is 0 Å². The highest BCUT2D eigenvalue weighted by molar-refractivity contribution is 5.81. The summed E-state index contributed by atoms with van der Waals surface area (Å²) in [7, 11) is 4.30. The molecule has 2 aromatic rings. The molecule has 0 radical (unpaired) electrons. The lowest BCUT2D eigenvalue weighted by atomic mass is 10.2. The van der Waals surface area contributed by atoms with Crippen molar-refractivity contribution in [3.05, 3.63) is 36.0 Å². The molecule has 2 nitrogen and oxygen atoms in total. The van der Waals surface area contributed by atoms with Crippen molar-refractivity contribution in [2.75, 3.05) is 20.6 Å². The third-order valence-corrected chi connectivity index (χ3v) is 3.75. The van der Waals surface area contributed by atoms with Gasteiger partial charge in [0.2, 0.25) is 0 Å². The Labute approximate surface area is 117 Å². The van der Waals surface area contributed by atoms with Gasteiger partial charge < -0.3 is 9.47 Å². The van der Waals surface area contributed by atoms with Gasteiger partial charge in [0.1, 0.15) is 0 Å². The van der Waals surface area contributed by atoms with Crippen LogP contribution in [0.25, 0.3) is 10.9 Å². The standard InChI is InChI=1S/C17H26N2/c1-15-14-16-10-6-7-11-17(16)19(15)13-9-5-4-8-12-18(2)3/h6-7,10-11,14H,4-5,8-9,12-13H2,1-3H3. The largest absolute Gasteiger partial charge is 0.345 e. The Morgan fingerprint density at radius 1 is 1.00 bits per heavy atom. The Morgan fingerprint density at radius 2 is 1.74 bits per heavy atom. The second-order valence-electron chi connectivity index (χ2n) is 5.71. The van der Waals surface area contributed by atoms with Gasteiger partial charge in [-0.3, -0.25) is 0 Å². The van der Waals surface area contributed by atoms with E-state index in [2.05, 4.69) is 60.8 Å². The zero-order chi connectivity index (χ0) is 13.7. The molecule has 2 rings (SSSR count). The molecule has 1 aromatic heterocycles. The third kappa shape index (κ3) is 3.84. The number of nitrogens with zero attached hydrogens (tertiary/aromatic N) is 2. The van der Waals surface area contributed by atoms with Crippen LogP contribution in [-0.4, -0.2) is 30.1 Å². The van der Waals surface area contributed by atoms with Gasteiger partial charge in [0.15, 0.2) is 0 Å². The van der Waals surface area contributed by atoms with Crippen molar-refractivity contribution in [1.82, 2.24) is 9.47 Å². The number of hydrogen-bond donors (Lipinski definition) is 0. The summed E-state index contributed by atoms with van der Waals surface area (Å²) in [6.45, 7) is 4.58. The molecule has 0 aliphatic heterocycles. The molecule has 1 heterocycles. The van der Waals surface area contributed by atoms with Crippen LogP contribution in [0.5, 0.6) is 0 Å². The first kappa shape index (κ1) is 14.1. The van der Waals surface area contributed by atoms with Gasteiger partial charge in [-0.15, -0.1) is 0 Å². The van der Waals surface area contributed by atoms with E-state index in [-0.39, 0.29) is 0 Å². The Hall–Kier alpha value is -1.28. The zero-order valence-electron chi connectivity index (χ0n) is 12.5. The molecule has 0 fully saturated rings. The molecule has 0 unspecified atom stereocenters. The number of aryl methyl sites for hydroxylation is 2. The smallest absolute Gasteiger partial charge is 0.0482 e. The van der Waals surface area contributed by atoms with E-state index in [0.29, 0.717) is 0 Å². The minimum Gasteiger partial charge on any atom is -0.345 e. The summed E-state index contributed by atoms with van der Waals surface area (Å²) in [5.41, 5.74) is 2.77. The monoisotopic (exact) mass is 258 g/mol. The maximum atomic E-state index is 2.46. The molecule has 0 atom stereocenters. The number of rotatable bonds is 7. The Balaban J connectivity index is 1.83. The van der Waals surface area contributed by atoms with Crippen LogP contribution in [0, 0.1) is 6.92 Å². The second kappa shape index (κ2) is 6.76. The van der Waals surface area contributed by atoms with E-state index in [1.807, 2.05) is 0 Å². The minimum atomic E-state index is 1.15. The summed E-state index contributed by atoms with van der Waals surface area (Å²) in [4.78, 5) is 2.27. The van der Waals surface area contributed by atoms with Crippen LogP contribution in [0.1, 0.15) is 31.4 Å². The highest BCUT2D eigenvalue weighted by atomic mass is 15.0. The third-order valence-electron chi connectivity index (χ3n) is 3.75. The van der Waals surface area contributed by atoms with Crippen LogP contribution in [-0.2, 0) is 6.54 Å². The summed E-state index contributed by atoms with van der Waals surface area (Å²) in [6, 6.07) is 11.0. The first-order chi connectivity index (χ1) is 9.18. The van der Waals surface area contributed by atoms with Crippen LogP contribution in [0.3, 0.4) is 0 Å².